The third kappa shape index (κ3) is 2.47. The third-order valence-corrected chi connectivity index (χ3v) is 2.57. The van der Waals surface area contributed by atoms with Gasteiger partial charge in [0.05, 0.1) is 12.8 Å². The van der Waals surface area contributed by atoms with Crippen molar-refractivity contribution in [2.45, 2.75) is 6.54 Å². The zero-order valence-electron chi connectivity index (χ0n) is 9.95. The van der Waals surface area contributed by atoms with Crippen LogP contribution in [0.2, 0.25) is 0 Å². The zero-order valence-corrected chi connectivity index (χ0v) is 9.95. The van der Waals surface area contributed by atoms with Crippen molar-refractivity contribution in [3.63, 3.8) is 0 Å². The molecule has 6 heteroatoms. The summed E-state index contributed by atoms with van der Waals surface area (Å²) in [6.07, 6.45) is 4.78. The molecular formula is C13H11FN4O. The smallest absolute Gasteiger partial charge is 0.189 e. The summed E-state index contributed by atoms with van der Waals surface area (Å²) in [6, 6.07) is 8.32. The summed E-state index contributed by atoms with van der Waals surface area (Å²) in [5.41, 5.74) is 0. The Morgan fingerprint density at radius 2 is 2.21 bits per heavy atom. The Morgan fingerprint density at radius 1 is 1.26 bits per heavy atom. The summed E-state index contributed by atoms with van der Waals surface area (Å²) >= 11 is 0. The second-order valence-corrected chi connectivity index (χ2v) is 3.89. The third-order valence-electron chi connectivity index (χ3n) is 2.57. The predicted octanol–water partition coefficient (Wildman–Crippen LogP) is 2.61. The van der Waals surface area contributed by atoms with E-state index in [1.165, 1.54) is 16.9 Å². The summed E-state index contributed by atoms with van der Waals surface area (Å²) < 4.78 is 20.1. The number of furan rings is 1. The lowest BCUT2D eigenvalue weighted by atomic mass is 10.4. The molecule has 3 aromatic heterocycles. The number of nitrogens with zero attached hydrogens (tertiary/aromatic N) is 3. The van der Waals surface area contributed by atoms with E-state index in [-0.39, 0.29) is 5.82 Å². The molecule has 0 saturated heterocycles. The quantitative estimate of drug-likeness (QED) is 0.781. The molecule has 0 radical (unpaired) electrons. The normalized spacial score (nSPS) is 10.6. The van der Waals surface area contributed by atoms with Crippen LogP contribution in [0.15, 0.2) is 53.4 Å². The number of aromatic nitrogens is 3. The lowest BCUT2D eigenvalue weighted by Crippen LogP contribution is -2.03. The Hall–Kier alpha value is -2.63. The van der Waals surface area contributed by atoms with Gasteiger partial charge in [0.2, 0.25) is 0 Å². The van der Waals surface area contributed by atoms with Crippen molar-refractivity contribution in [1.82, 2.24) is 14.8 Å². The van der Waals surface area contributed by atoms with Gasteiger partial charge in [0.25, 0.3) is 0 Å². The molecule has 5 nitrogen and oxygen atoms in total. The van der Waals surface area contributed by atoms with Crippen LogP contribution in [-0.2, 0) is 6.54 Å². The van der Waals surface area contributed by atoms with E-state index in [1.807, 2.05) is 12.1 Å². The zero-order chi connectivity index (χ0) is 13.1. The van der Waals surface area contributed by atoms with Gasteiger partial charge in [0.1, 0.15) is 11.6 Å². The molecular weight excluding hydrogens is 247 g/mol. The van der Waals surface area contributed by atoms with E-state index in [0.717, 1.165) is 5.76 Å². The molecule has 0 fully saturated rings. The van der Waals surface area contributed by atoms with Gasteiger partial charge < -0.3 is 9.73 Å². The molecule has 0 aliphatic heterocycles. The second-order valence-electron chi connectivity index (χ2n) is 3.89. The van der Waals surface area contributed by atoms with Crippen molar-refractivity contribution in [3.05, 3.63) is 60.6 Å². The van der Waals surface area contributed by atoms with Crippen molar-refractivity contribution in [3.8, 4) is 5.82 Å². The summed E-state index contributed by atoms with van der Waals surface area (Å²) in [4.78, 5) is 3.95. The average molecular weight is 258 g/mol. The van der Waals surface area contributed by atoms with E-state index < -0.39 is 5.82 Å². The highest BCUT2D eigenvalue weighted by Crippen LogP contribution is 2.12. The maximum absolute atomic E-state index is 13.5. The van der Waals surface area contributed by atoms with Gasteiger partial charge in [-0.3, -0.25) is 0 Å². The van der Waals surface area contributed by atoms with Gasteiger partial charge in [-0.05, 0) is 24.3 Å². The summed E-state index contributed by atoms with van der Waals surface area (Å²) in [6.45, 7) is 0.523. The van der Waals surface area contributed by atoms with Gasteiger partial charge in [-0.15, -0.1) is 5.10 Å². The fourth-order valence-corrected chi connectivity index (χ4v) is 1.67. The molecule has 0 bridgehead atoms. The van der Waals surface area contributed by atoms with Crippen molar-refractivity contribution in [2.24, 2.45) is 0 Å². The van der Waals surface area contributed by atoms with Gasteiger partial charge >= 0.3 is 0 Å². The first-order chi connectivity index (χ1) is 9.33. The van der Waals surface area contributed by atoms with Crippen LogP contribution < -0.4 is 5.32 Å². The van der Waals surface area contributed by atoms with Crippen molar-refractivity contribution < 1.29 is 8.81 Å². The first-order valence-corrected chi connectivity index (χ1v) is 5.76. The monoisotopic (exact) mass is 258 g/mol. The predicted molar refractivity (Wildman–Crippen MR) is 67.4 cm³/mol. The minimum atomic E-state index is -0.414. The standard InChI is InChI=1S/C13H11FN4O/c14-11-4-1-6-15-13(11)18-7-5-12(17-18)16-9-10-3-2-8-19-10/h1-8H,9H2,(H,16,17). The fraction of sp³-hybridized carbons (Fsp3) is 0.0769. The number of nitrogens with one attached hydrogen (secondary N) is 1. The van der Waals surface area contributed by atoms with Crippen LogP contribution in [0.25, 0.3) is 5.82 Å². The van der Waals surface area contributed by atoms with Crippen LogP contribution in [-0.4, -0.2) is 14.8 Å². The Morgan fingerprint density at radius 3 is 3.00 bits per heavy atom. The Bertz CT molecular complexity index is 663. The van der Waals surface area contributed by atoms with Crippen LogP contribution in [0.5, 0.6) is 0 Å². The Labute approximate surface area is 108 Å². The molecule has 19 heavy (non-hydrogen) atoms. The number of pyridine rings is 1. The molecule has 0 saturated carbocycles. The van der Waals surface area contributed by atoms with E-state index in [2.05, 4.69) is 15.4 Å². The van der Waals surface area contributed by atoms with E-state index >= 15 is 0 Å². The molecule has 96 valence electrons. The summed E-state index contributed by atoms with van der Waals surface area (Å²) in [5.74, 6) is 1.19. The van der Waals surface area contributed by atoms with E-state index in [0.29, 0.717) is 12.4 Å². The van der Waals surface area contributed by atoms with Crippen LogP contribution in [0.1, 0.15) is 5.76 Å². The fourth-order valence-electron chi connectivity index (χ4n) is 1.67. The Balaban J connectivity index is 1.75. The number of halogens is 1. The number of hydrogen-bond acceptors (Lipinski definition) is 4. The highest BCUT2D eigenvalue weighted by Gasteiger charge is 2.07. The molecule has 0 unspecified atom stereocenters. The lowest BCUT2D eigenvalue weighted by molar-refractivity contribution is 0.517. The molecule has 0 aliphatic rings. The highest BCUT2D eigenvalue weighted by atomic mass is 19.1. The largest absolute Gasteiger partial charge is 0.467 e. The summed E-state index contributed by atoms with van der Waals surface area (Å²) in [7, 11) is 0. The highest BCUT2D eigenvalue weighted by molar-refractivity contribution is 5.35. The number of anilines is 1. The first-order valence-electron chi connectivity index (χ1n) is 5.76. The van der Waals surface area contributed by atoms with Gasteiger partial charge in [0, 0.05) is 18.5 Å². The maximum atomic E-state index is 13.5. The number of hydrogen-bond donors (Lipinski definition) is 1. The van der Waals surface area contributed by atoms with Gasteiger partial charge in [-0.25, -0.2) is 14.1 Å². The molecule has 0 aromatic carbocycles. The minimum absolute atomic E-state index is 0.175. The lowest BCUT2D eigenvalue weighted by Gasteiger charge is -2.01. The molecule has 0 spiro atoms. The van der Waals surface area contributed by atoms with Crippen LogP contribution in [0.3, 0.4) is 0 Å². The molecule has 3 aromatic rings. The first kappa shape index (κ1) is 11.5. The van der Waals surface area contributed by atoms with E-state index in [9.17, 15) is 4.39 Å². The van der Waals surface area contributed by atoms with Crippen LogP contribution in [0, 0.1) is 5.82 Å². The molecule has 3 rings (SSSR count). The molecule has 3 heterocycles. The second kappa shape index (κ2) is 4.93. The van der Waals surface area contributed by atoms with Crippen molar-refractivity contribution >= 4 is 5.82 Å². The maximum Gasteiger partial charge on any atom is 0.189 e. The molecule has 0 aliphatic carbocycles. The van der Waals surface area contributed by atoms with Crippen LogP contribution >= 0.6 is 0 Å². The van der Waals surface area contributed by atoms with Crippen molar-refractivity contribution in [2.75, 3.05) is 5.32 Å². The van der Waals surface area contributed by atoms with Gasteiger partial charge in [0.15, 0.2) is 11.6 Å². The average Bonchev–Trinajstić information content (AvgIpc) is 3.08. The molecule has 0 amide bonds. The van der Waals surface area contributed by atoms with Gasteiger partial charge in [-0.1, -0.05) is 0 Å². The molecule has 0 atom stereocenters. The Kier molecular flexibility index (Phi) is 2.97. The van der Waals surface area contributed by atoms with Crippen LogP contribution in [0.4, 0.5) is 10.2 Å². The number of rotatable bonds is 4. The summed E-state index contributed by atoms with van der Waals surface area (Å²) in [5, 5.41) is 7.28. The van der Waals surface area contributed by atoms with E-state index in [4.69, 9.17) is 4.42 Å². The topological polar surface area (TPSA) is 55.9 Å². The SMILES string of the molecule is Fc1cccnc1-n1ccc(NCc2ccco2)n1. The van der Waals surface area contributed by atoms with E-state index in [1.54, 1.807) is 24.6 Å². The molecule has 1 N–H and O–H groups in total. The van der Waals surface area contributed by atoms with Crippen molar-refractivity contribution in [1.29, 1.82) is 0 Å². The minimum Gasteiger partial charge on any atom is -0.467 e. The van der Waals surface area contributed by atoms with Gasteiger partial charge in [-0.2, -0.15) is 0 Å².